The van der Waals surface area contributed by atoms with Gasteiger partial charge in [0, 0.05) is 5.57 Å². The Hall–Kier alpha value is -1.61. The first kappa shape index (κ1) is 13.8. The molecule has 0 spiro atoms. The average Bonchev–Trinajstić information content (AvgIpc) is 2.40. The number of ether oxygens (including phenoxy) is 1. The van der Waals surface area contributed by atoms with Crippen molar-refractivity contribution >= 4 is 5.78 Å². The van der Waals surface area contributed by atoms with Crippen molar-refractivity contribution in [2.45, 2.75) is 40.2 Å². The maximum absolute atomic E-state index is 12.3. The smallest absolute Gasteiger partial charge is 0.165 e. The van der Waals surface area contributed by atoms with Gasteiger partial charge in [-0.2, -0.15) is 0 Å². The number of hydrogen-bond acceptors (Lipinski definition) is 3. The van der Waals surface area contributed by atoms with Crippen molar-refractivity contribution in [3.8, 4) is 0 Å². The zero-order valence-corrected chi connectivity index (χ0v) is 11.9. The van der Waals surface area contributed by atoms with Crippen molar-refractivity contribution in [1.82, 2.24) is 0 Å². The SMILES string of the molecule is C/C=C/C1=C(C)C2=CC(=O)[C@@](C)(CC)[C@@H](O)C2=CO1. The summed E-state index contributed by atoms with van der Waals surface area (Å²) in [7, 11) is 0. The van der Waals surface area contributed by atoms with Gasteiger partial charge in [-0.3, -0.25) is 4.79 Å². The zero-order valence-electron chi connectivity index (χ0n) is 11.9. The lowest BCUT2D eigenvalue weighted by molar-refractivity contribution is -0.128. The van der Waals surface area contributed by atoms with Crippen molar-refractivity contribution < 1.29 is 14.6 Å². The fourth-order valence-corrected chi connectivity index (χ4v) is 2.49. The lowest BCUT2D eigenvalue weighted by Crippen LogP contribution is -2.44. The lowest BCUT2D eigenvalue weighted by Gasteiger charge is -2.38. The summed E-state index contributed by atoms with van der Waals surface area (Å²) in [5.41, 5.74) is 1.63. The van der Waals surface area contributed by atoms with Crippen molar-refractivity contribution in [3.63, 3.8) is 0 Å². The third-order valence-electron chi connectivity index (χ3n) is 4.19. The lowest BCUT2D eigenvalue weighted by atomic mass is 9.68. The monoisotopic (exact) mass is 260 g/mol. The van der Waals surface area contributed by atoms with Gasteiger partial charge >= 0.3 is 0 Å². The second-order valence-electron chi connectivity index (χ2n) is 5.28. The van der Waals surface area contributed by atoms with Gasteiger partial charge in [-0.25, -0.2) is 0 Å². The first-order valence-corrected chi connectivity index (χ1v) is 6.61. The molecule has 19 heavy (non-hydrogen) atoms. The molecule has 0 aromatic rings. The third-order valence-corrected chi connectivity index (χ3v) is 4.19. The molecule has 0 saturated heterocycles. The van der Waals surface area contributed by atoms with Crippen LogP contribution in [0.5, 0.6) is 0 Å². The molecule has 1 N–H and O–H groups in total. The van der Waals surface area contributed by atoms with Crippen LogP contribution in [0.2, 0.25) is 0 Å². The fourth-order valence-electron chi connectivity index (χ4n) is 2.49. The van der Waals surface area contributed by atoms with E-state index in [9.17, 15) is 9.90 Å². The zero-order chi connectivity index (χ0) is 14.2. The number of allylic oxidation sites excluding steroid dienone is 4. The Kier molecular flexibility index (Phi) is 3.50. The number of rotatable bonds is 2. The molecule has 0 fully saturated rings. The van der Waals surface area contributed by atoms with Gasteiger partial charge in [0.2, 0.25) is 0 Å². The van der Waals surface area contributed by atoms with Gasteiger partial charge in [0.25, 0.3) is 0 Å². The highest BCUT2D eigenvalue weighted by Crippen LogP contribution is 2.43. The van der Waals surface area contributed by atoms with Crippen LogP contribution in [0.1, 0.15) is 34.1 Å². The van der Waals surface area contributed by atoms with Crippen molar-refractivity contribution in [2.75, 3.05) is 0 Å². The highest BCUT2D eigenvalue weighted by atomic mass is 16.5. The number of carbonyl (C=O) groups is 1. The largest absolute Gasteiger partial charge is 0.464 e. The van der Waals surface area contributed by atoms with Gasteiger partial charge in [-0.1, -0.05) is 13.0 Å². The molecule has 3 nitrogen and oxygen atoms in total. The minimum absolute atomic E-state index is 0.0178. The maximum atomic E-state index is 12.3. The van der Waals surface area contributed by atoms with Crippen LogP contribution in [0.3, 0.4) is 0 Å². The summed E-state index contributed by atoms with van der Waals surface area (Å²) in [5.74, 6) is 0.702. The predicted octanol–water partition coefficient (Wildman–Crippen LogP) is 3.04. The van der Waals surface area contributed by atoms with E-state index < -0.39 is 11.5 Å². The van der Waals surface area contributed by atoms with Crippen LogP contribution in [0.25, 0.3) is 0 Å². The van der Waals surface area contributed by atoms with E-state index in [1.807, 2.05) is 32.9 Å². The van der Waals surface area contributed by atoms with Crippen LogP contribution in [-0.2, 0) is 9.53 Å². The first-order valence-electron chi connectivity index (χ1n) is 6.61. The van der Waals surface area contributed by atoms with E-state index in [1.54, 1.807) is 19.3 Å². The van der Waals surface area contributed by atoms with Gasteiger partial charge < -0.3 is 9.84 Å². The van der Waals surface area contributed by atoms with Crippen LogP contribution in [0.15, 0.2) is 47.0 Å². The minimum Gasteiger partial charge on any atom is -0.464 e. The van der Waals surface area contributed by atoms with E-state index in [2.05, 4.69) is 0 Å². The van der Waals surface area contributed by atoms with Gasteiger partial charge in [0.15, 0.2) is 5.78 Å². The number of carbonyl (C=O) groups excluding carboxylic acids is 1. The van der Waals surface area contributed by atoms with Crippen molar-refractivity contribution in [2.24, 2.45) is 5.41 Å². The molecule has 0 aromatic carbocycles. The number of fused-ring (bicyclic) bond motifs is 1. The average molecular weight is 260 g/mol. The summed E-state index contributed by atoms with van der Waals surface area (Å²) in [6, 6.07) is 0. The highest BCUT2D eigenvalue weighted by molar-refractivity contribution is 5.99. The van der Waals surface area contributed by atoms with E-state index >= 15 is 0 Å². The standard InChI is InChI=1S/C16H20O3/c1-5-7-13-10(3)11-8-14(17)16(4,6-2)15(18)12(11)9-19-13/h5,7-9,15,18H,6H2,1-4H3/b7-5+/t15-,16+/m0/s1. The molecule has 1 aliphatic carbocycles. The summed E-state index contributed by atoms with van der Waals surface area (Å²) in [4.78, 5) is 12.3. The Morgan fingerprint density at radius 1 is 1.53 bits per heavy atom. The van der Waals surface area contributed by atoms with Gasteiger partial charge in [-0.05, 0) is 50.5 Å². The first-order chi connectivity index (χ1) is 8.95. The van der Waals surface area contributed by atoms with E-state index in [1.165, 1.54) is 0 Å². The second-order valence-corrected chi connectivity index (χ2v) is 5.28. The summed E-state index contributed by atoms with van der Waals surface area (Å²) < 4.78 is 5.56. The number of aliphatic hydroxyl groups is 1. The van der Waals surface area contributed by atoms with Gasteiger partial charge in [0.05, 0.1) is 17.8 Å². The van der Waals surface area contributed by atoms with E-state index in [-0.39, 0.29) is 5.78 Å². The summed E-state index contributed by atoms with van der Waals surface area (Å²) in [6.45, 7) is 7.53. The van der Waals surface area contributed by atoms with Crippen molar-refractivity contribution in [3.05, 3.63) is 47.0 Å². The molecular weight excluding hydrogens is 240 g/mol. The molecule has 0 bridgehead atoms. The van der Waals surface area contributed by atoms with Crippen LogP contribution in [0, 0.1) is 5.41 Å². The highest BCUT2D eigenvalue weighted by Gasteiger charge is 2.45. The van der Waals surface area contributed by atoms with Gasteiger partial charge in [-0.15, -0.1) is 0 Å². The molecule has 102 valence electrons. The number of hydrogen-bond donors (Lipinski definition) is 1. The van der Waals surface area contributed by atoms with E-state index in [4.69, 9.17) is 4.74 Å². The number of ketones is 1. The van der Waals surface area contributed by atoms with Crippen LogP contribution < -0.4 is 0 Å². The topological polar surface area (TPSA) is 46.5 Å². The molecule has 2 rings (SSSR count). The molecular formula is C16H20O3. The second kappa shape index (κ2) is 4.82. The summed E-state index contributed by atoms with van der Waals surface area (Å²) >= 11 is 0. The Bertz CT molecular complexity index is 534. The summed E-state index contributed by atoms with van der Waals surface area (Å²) in [5, 5.41) is 10.5. The van der Waals surface area contributed by atoms with Crippen molar-refractivity contribution in [1.29, 1.82) is 0 Å². The predicted molar refractivity (Wildman–Crippen MR) is 74.2 cm³/mol. The molecule has 2 aliphatic rings. The maximum Gasteiger partial charge on any atom is 0.165 e. The molecule has 2 atom stereocenters. The van der Waals surface area contributed by atoms with Gasteiger partial charge in [0.1, 0.15) is 5.76 Å². The number of aliphatic hydroxyl groups excluding tert-OH is 1. The van der Waals surface area contributed by atoms with Crippen LogP contribution >= 0.6 is 0 Å². The molecule has 1 aliphatic heterocycles. The third kappa shape index (κ3) is 1.98. The van der Waals surface area contributed by atoms with E-state index in [0.29, 0.717) is 12.0 Å². The normalized spacial score (nSPS) is 31.0. The molecule has 3 heteroatoms. The van der Waals surface area contributed by atoms with E-state index in [0.717, 1.165) is 16.9 Å². The summed E-state index contributed by atoms with van der Waals surface area (Å²) in [6.07, 6.45) is 6.73. The Labute approximate surface area is 114 Å². The quantitative estimate of drug-likeness (QED) is 0.830. The molecule has 0 radical (unpaired) electrons. The fraction of sp³-hybridized carbons (Fsp3) is 0.438. The molecule has 0 unspecified atom stereocenters. The molecule has 1 heterocycles. The Balaban J connectivity index is 2.53. The Morgan fingerprint density at radius 3 is 2.79 bits per heavy atom. The van der Waals surface area contributed by atoms with Crippen LogP contribution in [-0.4, -0.2) is 17.0 Å². The minimum atomic E-state index is -0.813. The molecule has 0 saturated carbocycles. The Morgan fingerprint density at radius 2 is 2.21 bits per heavy atom. The molecule has 0 amide bonds. The molecule has 0 aromatic heterocycles. The van der Waals surface area contributed by atoms with Crippen LogP contribution in [0.4, 0.5) is 0 Å².